The van der Waals surface area contributed by atoms with Crippen LogP contribution in [0, 0.1) is 0 Å². The quantitative estimate of drug-likeness (QED) is 0.277. The van der Waals surface area contributed by atoms with E-state index in [0.717, 1.165) is 49.8 Å². The minimum Gasteiger partial charge on any atom is -0.494 e. The second-order valence-electron chi connectivity index (χ2n) is 8.96. The van der Waals surface area contributed by atoms with Crippen molar-refractivity contribution in [1.82, 2.24) is 10.2 Å². The average molecular weight is 489 g/mol. The smallest absolute Gasteiger partial charge is 0.247 e. The summed E-state index contributed by atoms with van der Waals surface area (Å²) in [4.78, 5) is 27.9. The first-order valence-electron chi connectivity index (χ1n) is 12.5. The number of hydrogen-bond donors (Lipinski definition) is 1. The van der Waals surface area contributed by atoms with Gasteiger partial charge in [-0.05, 0) is 49.1 Å². The van der Waals surface area contributed by atoms with E-state index in [4.69, 9.17) is 20.8 Å². The number of carbonyl (C=O) groups excluding carboxylic acids is 2. The molecule has 2 aromatic rings. The largest absolute Gasteiger partial charge is 0.494 e. The van der Waals surface area contributed by atoms with Gasteiger partial charge < -0.3 is 19.4 Å². The van der Waals surface area contributed by atoms with E-state index in [1.807, 2.05) is 24.3 Å². The Morgan fingerprint density at radius 2 is 1.88 bits per heavy atom. The maximum atomic E-state index is 13.5. The molecule has 0 saturated heterocycles. The van der Waals surface area contributed by atoms with Crippen molar-refractivity contribution in [2.24, 2.45) is 0 Å². The Labute approximate surface area is 208 Å². The number of alkyl halides is 1. The first-order valence-corrected chi connectivity index (χ1v) is 13.1. The summed E-state index contributed by atoms with van der Waals surface area (Å²) in [6, 6.07) is 10.3. The summed E-state index contributed by atoms with van der Waals surface area (Å²) in [6.07, 6.45) is 11.5. The Bertz CT molecular complexity index is 863. The normalized spacial score (nSPS) is 15.0. The van der Waals surface area contributed by atoms with Gasteiger partial charge in [-0.3, -0.25) is 9.59 Å². The number of hydrogen-bond acceptors (Lipinski definition) is 4. The maximum absolute atomic E-state index is 13.5. The molecule has 186 valence electrons. The molecule has 0 spiro atoms. The number of nitrogens with one attached hydrogen (secondary N) is 1. The highest BCUT2D eigenvalue weighted by Crippen LogP contribution is 2.28. The number of ether oxygens (including phenoxy) is 1. The molecule has 3 rings (SSSR count). The predicted octanol–water partition coefficient (Wildman–Crippen LogP) is 6.00. The van der Waals surface area contributed by atoms with E-state index in [-0.39, 0.29) is 30.3 Å². The van der Waals surface area contributed by atoms with Crippen LogP contribution in [-0.4, -0.2) is 35.2 Å². The first kappa shape index (κ1) is 26.1. The van der Waals surface area contributed by atoms with Gasteiger partial charge in [0.1, 0.15) is 23.4 Å². The molecule has 0 radical (unpaired) electrons. The van der Waals surface area contributed by atoms with E-state index in [9.17, 15) is 9.59 Å². The van der Waals surface area contributed by atoms with Crippen molar-refractivity contribution in [3.05, 3.63) is 54.0 Å². The maximum Gasteiger partial charge on any atom is 0.247 e. The van der Waals surface area contributed by atoms with E-state index < -0.39 is 6.04 Å². The van der Waals surface area contributed by atoms with E-state index in [2.05, 4.69) is 12.2 Å². The summed E-state index contributed by atoms with van der Waals surface area (Å²) < 4.78 is 11.3. The van der Waals surface area contributed by atoms with E-state index in [1.165, 1.54) is 24.2 Å². The van der Waals surface area contributed by atoms with Crippen molar-refractivity contribution in [2.75, 3.05) is 12.5 Å². The summed E-state index contributed by atoms with van der Waals surface area (Å²) >= 11 is 5.96. The number of unbranched alkanes of at least 4 members (excludes halogenated alkanes) is 3. The van der Waals surface area contributed by atoms with Crippen LogP contribution >= 0.6 is 11.6 Å². The highest BCUT2D eigenvalue weighted by atomic mass is 35.5. The molecule has 1 aromatic carbocycles. The first-order chi connectivity index (χ1) is 16.6. The molecule has 7 heteroatoms. The molecule has 1 unspecified atom stereocenters. The Hall–Kier alpha value is -2.47. The molecule has 0 bridgehead atoms. The van der Waals surface area contributed by atoms with E-state index in [0.29, 0.717) is 12.4 Å². The molecule has 1 saturated carbocycles. The van der Waals surface area contributed by atoms with Crippen molar-refractivity contribution >= 4 is 23.4 Å². The van der Waals surface area contributed by atoms with Crippen LogP contribution in [0.4, 0.5) is 0 Å². The van der Waals surface area contributed by atoms with Crippen LogP contribution in [0.2, 0.25) is 0 Å². The predicted molar refractivity (Wildman–Crippen MR) is 134 cm³/mol. The highest BCUT2D eigenvalue weighted by Gasteiger charge is 2.33. The number of amides is 2. The second-order valence-corrected chi connectivity index (χ2v) is 9.23. The van der Waals surface area contributed by atoms with Crippen LogP contribution in [0.25, 0.3) is 0 Å². The number of furan rings is 1. The monoisotopic (exact) mass is 488 g/mol. The number of halogens is 1. The van der Waals surface area contributed by atoms with Crippen LogP contribution < -0.4 is 10.1 Å². The van der Waals surface area contributed by atoms with Gasteiger partial charge in [-0.1, -0.05) is 57.6 Å². The molecule has 0 aliphatic heterocycles. The van der Waals surface area contributed by atoms with Gasteiger partial charge in [0, 0.05) is 6.04 Å². The average Bonchev–Trinajstić information content (AvgIpc) is 3.38. The van der Waals surface area contributed by atoms with Crippen molar-refractivity contribution in [3.8, 4) is 5.75 Å². The fourth-order valence-electron chi connectivity index (χ4n) is 4.44. The molecule has 1 heterocycles. The minimum absolute atomic E-state index is 0.131. The Kier molecular flexibility index (Phi) is 10.8. The molecule has 1 N–H and O–H groups in total. The van der Waals surface area contributed by atoms with Gasteiger partial charge in [-0.25, -0.2) is 0 Å². The third-order valence-electron chi connectivity index (χ3n) is 6.31. The zero-order chi connectivity index (χ0) is 24.2. The van der Waals surface area contributed by atoms with Gasteiger partial charge in [-0.15, -0.1) is 11.6 Å². The van der Waals surface area contributed by atoms with Crippen LogP contribution in [0.5, 0.6) is 5.75 Å². The molecule has 1 fully saturated rings. The van der Waals surface area contributed by atoms with Gasteiger partial charge in [0.2, 0.25) is 11.8 Å². The van der Waals surface area contributed by atoms with Crippen LogP contribution in [0.3, 0.4) is 0 Å². The summed E-state index contributed by atoms with van der Waals surface area (Å²) in [6.45, 7) is 3.02. The van der Waals surface area contributed by atoms with Gasteiger partial charge in [0.15, 0.2) is 0 Å². The van der Waals surface area contributed by atoms with Gasteiger partial charge in [0.05, 0.1) is 19.4 Å². The van der Waals surface area contributed by atoms with Crippen LogP contribution in [0.15, 0.2) is 47.1 Å². The van der Waals surface area contributed by atoms with Crippen molar-refractivity contribution < 1.29 is 18.7 Å². The van der Waals surface area contributed by atoms with E-state index >= 15 is 0 Å². The number of rotatable bonds is 13. The zero-order valence-electron chi connectivity index (χ0n) is 20.1. The van der Waals surface area contributed by atoms with Crippen molar-refractivity contribution in [1.29, 1.82) is 0 Å². The topological polar surface area (TPSA) is 71.8 Å². The lowest BCUT2D eigenvalue weighted by Gasteiger charge is -2.32. The number of carbonyl (C=O) groups is 2. The summed E-state index contributed by atoms with van der Waals surface area (Å²) in [5.74, 6) is 0.629. The molecule has 34 heavy (non-hydrogen) atoms. The summed E-state index contributed by atoms with van der Waals surface area (Å²) in [7, 11) is 0. The number of benzene rings is 1. The molecule has 1 aliphatic carbocycles. The lowest BCUT2D eigenvalue weighted by atomic mass is 9.94. The lowest BCUT2D eigenvalue weighted by Crippen LogP contribution is -2.47. The van der Waals surface area contributed by atoms with Crippen molar-refractivity contribution in [3.63, 3.8) is 0 Å². The van der Waals surface area contributed by atoms with Crippen molar-refractivity contribution in [2.45, 2.75) is 83.3 Å². The fourth-order valence-corrected chi connectivity index (χ4v) is 4.59. The SMILES string of the molecule is CCCCCCOc1ccc(C(C(=O)NC2CCCCC2)N(Cc2ccco2)C(=O)CCl)cc1. The molecule has 2 amide bonds. The minimum atomic E-state index is -0.808. The standard InChI is InChI=1S/C27H37ClN2O4/c1-2-3-4-8-17-33-23-15-13-21(14-16-23)26(27(32)29-22-10-6-5-7-11-22)30(25(31)19-28)20-24-12-9-18-34-24/h9,12-16,18,22,26H,2-8,10-11,17,19-20H2,1H3,(H,29,32). The summed E-state index contributed by atoms with van der Waals surface area (Å²) in [5, 5.41) is 3.19. The molecular formula is C27H37ClN2O4. The Morgan fingerprint density at radius 3 is 2.53 bits per heavy atom. The lowest BCUT2D eigenvalue weighted by molar-refractivity contribution is -0.140. The highest BCUT2D eigenvalue weighted by molar-refractivity contribution is 6.27. The third-order valence-corrected chi connectivity index (χ3v) is 6.54. The Balaban J connectivity index is 1.79. The molecule has 1 aliphatic rings. The zero-order valence-corrected chi connectivity index (χ0v) is 20.9. The number of nitrogens with zero attached hydrogens (tertiary/aromatic N) is 1. The second kappa shape index (κ2) is 14.1. The molecule has 6 nitrogen and oxygen atoms in total. The third kappa shape index (κ3) is 7.79. The fraction of sp³-hybridized carbons (Fsp3) is 0.556. The van der Waals surface area contributed by atoms with Gasteiger partial charge >= 0.3 is 0 Å². The molecule has 1 atom stereocenters. The van der Waals surface area contributed by atoms with Gasteiger partial charge in [-0.2, -0.15) is 0 Å². The molecule has 1 aromatic heterocycles. The van der Waals surface area contributed by atoms with E-state index in [1.54, 1.807) is 18.4 Å². The Morgan fingerprint density at radius 1 is 1.12 bits per heavy atom. The van der Waals surface area contributed by atoms with Crippen LogP contribution in [-0.2, 0) is 16.1 Å². The molecular weight excluding hydrogens is 452 g/mol. The van der Waals surface area contributed by atoms with Gasteiger partial charge in [0.25, 0.3) is 0 Å². The van der Waals surface area contributed by atoms with Crippen LogP contribution in [0.1, 0.15) is 82.1 Å². The summed E-state index contributed by atoms with van der Waals surface area (Å²) in [5.41, 5.74) is 0.719.